The number of aryl methyl sites for hydroxylation is 1. The van der Waals surface area contributed by atoms with Crippen LogP contribution in [0.3, 0.4) is 0 Å². The molecule has 5 nitrogen and oxygen atoms in total. The van der Waals surface area contributed by atoms with Gasteiger partial charge in [0.1, 0.15) is 0 Å². The number of aromatic nitrogens is 1. The Hall–Kier alpha value is -1.76. The first kappa shape index (κ1) is 17.6. The number of piperidine rings is 1. The smallest absolute Gasteiger partial charge is 0.263 e. The van der Waals surface area contributed by atoms with Crippen LogP contribution in [-0.2, 0) is 11.3 Å². The van der Waals surface area contributed by atoms with E-state index < -0.39 is 0 Å². The summed E-state index contributed by atoms with van der Waals surface area (Å²) in [7, 11) is 0. The van der Waals surface area contributed by atoms with E-state index in [1.807, 2.05) is 41.7 Å². The first-order valence-corrected chi connectivity index (χ1v) is 10.1. The second kappa shape index (κ2) is 7.47. The van der Waals surface area contributed by atoms with Crippen molar-refractivity contribution in [3.63, 3.8) is 0 Å². The summed E-state index contributed by atoms with van der Waals surface area (Å²) in [4.78, 5) is 22.2. The van der Waals surface area contributed by atoms with Gasteiger partial charge >= 0.3 is 0 Å². The highest BCUT2D eigenvalue weighted by atomic mass is 32.1. The Kier molecular flexibility index (Phi) is 5.07. The number of rotatable bonds is 3. The number of amides is 1. The number of ether oxygens (including phenoxy) is 1. The predicted molar refractivity (Wildman–Crippen MR) is 102 cm³/mol. The molecule has 4 heterocycles. The highest BCUT2D eigenvalue weighted by Crippen LogP contribution is 2.31. The van der Waals surface area contributed by atoms with Crippen LogP contribution in [0.15, 0.2) is 36.0 Å². The molecule has 2 aliphatic rings. The molecule has 2 aromatic heterocycles. The summed E-state index contributed by atoms with van der Waals surface area (Å²) in [5, 5.41) is 2.04. The maximum atomic E-state index is 12.7. The molecule has 0 aromatic carbocycles. The van der Waals surface area contributed by atoms with E-state index in [9.17, 15) is 4.79 Å². The van der Waals surface area contributed by atoms with Crippen molar-refractivity contribution in [2.24, 2.45) is 0 Å². The Morgan fingerprint density at radius 3 is 2.88 bits per heavy atom. The molecular weight excluding hydrogens is 346 g/mol. The third-order valence-electron chi connectivity index (χ3n) is 5.36. The van der Waals surface area contributed by atoms with Crippen molar-refractivity contribution < 1.29 is 9.53 Å². The number of likely N-dealkylation sites (tertiary alicyclic amines) is 1. The number of thiophene rings is 1. The fourth-order valence-corrected chi connectivity index (χ4v) is 4.79. The second-order valence-electron chi connectivity index (χ2n) is 7.38. The summed E-state index contributed by atoms with van der Waals surface area (Å²) in [6.45, 7) is 7.14. The Morgan fingerprint density at radius 1 is 1.35 bits per heavy atom. The van der Waals surface area contributed by atoms with Crippen molar-refractivity contribution in [1.29, 1.82) is 0 Å². The molecule has 4 rings (SSSR count). The molecule has 0 unspecified atom stereocenters. The van der Waals surface area contributed by atoms with Gasteiger partial charge in [0.25, 0.3) is 5.91 Å². The maximum absolute atomic E-state index is 12.7. The molecule has 6 heteroatoms. The number of carbonyl (C=O) groups excluding carboxylic acids is 1. The topological polar surface area (TPSA) is 45.7 Å². The van der Waals surface area contributed by atoms with Crippen LogP contribution in [0, 0.1) is 6.92 Å². The van der Waals surface area contributed by atoms with Crippen LogP contribution in [0.1, 0.15) is 33.6 Å². The minimum atomic E-state index is -0.109. The zero-order valence-corrected chi connectivity index (χ0v) is 16.0. The van der Waals surface area contributed by atoms with E-state index in [1.165, 1.54) is 5.56 Å². The molecule has 1 spiro atoms. The van der Waals surface area contributed by atoms with E-state index in [1.54, 1.807) is 11.3 Å². The molecule has 2 saturated heterocycles. The maximum Gasteiger partial charge on any atom is 0.263 e. The number of nitrogens with zero attached hydrogens (tertiary/aromatic N) is 3. The number of carbonyl (C=O) groups is 1. The summed E-state index contributed by atoms with van der Waals surface area (Å²) >= 11 is 1.54. The van der Waals surface area contributed by atoms with Gasteiger partial charge in [0.05, 0.1) is 17.1 Å². The Bertz CT molecular complexity index is 753. The van der Waals surface area contributed by atoms with Gasteiger partial charge in [0.2, 0.25) is 0 Å². The third kappa shape index (κ3) is 3.82. The van der Waals surface area contributed by atoms with Crippen LogP contribution in [0.4, 0.5) is 0 Å². The molecule has 0 bridgehead atoms. The molecule has 0 aliphatic carbocycles. The molecule has 0 atom stereocenters. The fourth-order valence-electron chi connectivity index (χ4n) is 3.93. The van der Waals surface area contributed by atoms with Gasteiger partial charge in [-0.1, -0.05) is 6.07 Å². The molecule has 0 radical (unpaired) electrons. The minimum absolute atomic E-state index is 0.109. The summed E-state index contributed by atoms with van der Waals surface area (Å²) in [5.41, 5.74) is 2.29. The molecule has 2 aliphatic heterocycles. The second-order valence-corrected chi connectivity index (χ2v) is 8.30. The molecule has 0 saturated carbocycles. The van der Waals surface area contributed by atoms with Crippen molar-refractivity contribution >= 4 is 17.2 Å². The van der Waals surface area contributed by atoms with Gasteiger partial charge in [0, 0.05) is 45.1 Å². The highest BCUT2D eigenvalue weighted by Gasteiger charge is 2.40. The van der Waals surface area contributed by atoms with Crippen molar-refractivity contribution in [1.82, 2.24) is 14.8 Å². The zero-order valence-electron chi connectivity index (χ0n) is 15.2. The standard InChI is InChI=1S/C20H25N3O2S/c1-16-11-18(26-14-16)19(24)23-7-4-20(5-8-23)15-22(9-10-25-20)13-17-3-2-6-21-12-17/h2-3,6,11-12,14H,4-5,7-10,13,15H2,1H3. The third-order valence-corrected chi connectivity index (χ3v) is 6.40. The largest absolute Gasteiger partial charge is 0.372 e. The Morgan fingerprint density at radius 2 is 2.19 bits per heavy atom. The number of morpholine rings is 1. The molecular formula is C20H25N3O2S. The van der Waals surface area contributed by atoms with Crippen molar-refractivity contribution in [3.05, 3.63) is 52.0 Å². The monoisotopic (exact) mass is 371 g/mol. The lowest BCUT2D eigenvalue weighted by Gasteiger charge is -2.47. The SMILES string of the molecule is Cc1csc(C(=O)N2CCC3(CC2)CN(Cc2cccnc2)CCO3)c1. The molecule has 1 amide bonds. The summed E-state index contributed by atoms with van der Waals surface area (Å²) in [5.74, 6) is 0.168. The van der Waals surface area contributed by atoms with Crippen molar-refractivity contribution in [3.8, 4) is 0 Å². The molecule has 2 fully saturated rings. The normalized spacial score (nSPS) is 20.4. The lowest BCUT2D eigenvalue weighted by atomic mass is 9.89. The van der Waals surface area contributed by atoms with Gasteiger partial charge < -0.3 is 9.64 Å². The number of pyridine rings is 1. The van der Waals surface area contributed by atoms with Crippen LogP contribution in [0.25, 0.3) is 0 Å². The molecule has 138 valence electrons. The Labute approximate surface area is 158 Å². The van der Waals surface area contributed by atoms with E-state index in [0.29, 0.717) is 0 Å². The van der Waals surface area contributed by atoms with Gasteiger partial charge in [-0.3, -0.25) is 14.7 Å². The van der Waals surface area contributed by atoms with Crippen LogP contribution in [0.2, 0.25) is 0 Å². The van der Waals surface area contributed by atoms with E-state index >= 15 is 0 Å². The average molecular weight is 372 g/mol. The number of hydrogen-bond donors (Lipinski definition) is 0. The lowest BCUT2D eigenvalue weighted by Crippen LogP contribution is -2.57. The predicted octanol–water partition coefficient (Wildman–Crippen LogP) is 2.96. The van der Waals surface area contributed by atoms with Crippen LogP contribution < -0.4 is 0 Å². The first-order chi connectivity index (χ1) is 12.6. The van der Waals surface area contributed by atoms with Gasteiger partial charge in [-0.05, 0) is 48.4 Å². The van der Waals surface area contributed by atoms with Gasteiger partial charge in [0.15, 0.2) is 0 Å². The fraction of sp³-hybridized carbons (Fsp3) is 0.500. The highest BCUT2D eigenvalue weighted by molar-refractivity contribution is 7.12. The van der Waals surface area contributed by atoms with E-state index in [-0.39, 0.29) is 11.5 Å². The zero-order chi connectivity index (χ0) is 18.0. The summed E-state index contributed by atoms with van der Waals surface area (Å²) in [6, 6.07) is 6.10. The average Bonchev–Trinajstić information content (AvgIpc) is 3.09. The minimum Gasteiger partial charge on any atom is -0.372 e. The van der Waals surface area contributed by atoms with E-state index in [4.69, 9.17) is 4.74 Å². The van der Waals surface area contributed by atoms with Gasteiger partial charge in [-0.25, -0.2) is 0 Å². The molecule has 26 heavy (non-hydrogen) atoms. The van der Waals surface area contributed by atoms with E-state index in [0.717, 1.165) is 62.6 Å². The van der Waals surface area contributed by atoms with Crippen LogP contribution in [-0.4, -0.2) is 59.1 Å². The Balaban J connectivity index is 1.36. The molecule has 2 aromatic rings. The quantitative estimate of drug-likeness (QED) is 0.832. The summed E-state index contributed by atoms with van der Waals surface area (Å²) in [6.07, 6.45) is 5.57. The molecule has 0 N–H and O–H groups in total. The van der Waals surface area contributed by atoms with Gasteiger partial charge in [-0.2, -0.15) is 0 Å². The lowest BCUT2D eigenvalue weighted by molar-refractivity contribution is -0.134. The van der Waals surface area contributed by atoms with Crippen LogP contribution in [0.5, 0.6) is 0 Å². The van der Waals surface area contributed by atoms with E-state index in [2.05, 4.69) is 16.0 Å². The summed E-state index contributed by atoms with van der Waals surface area (Å²) < 4.78 is 6.22. The number of hydrogen-bond acceptors (Lipinski definition) is 5. The first-order valence-electron chi connectivity index (χ1n) is 9.23. The van der Waals surface area contributed by atoms with Crippen LogP contribution >= 0.6 is 11.3 Å². The van der Waals surface area contributed by atoms with Gasteiger partial charge in [-0.15, -0.1) is 11.3 Å². The van der Waals surface area contributed by atoms with Crippen molar-refractivity contribution in [2.75, 3.05) is 32.8 Å². The van der Waals surface area contributed by atoms with Crippen molar-refractivity contribution in [2.45, 2.75) is 31.9 Å².